The van der Waals surface area contributed by atoms with Crippen molar-refractivity contribution in [3.8, 4) is 0 Å². The molecule has 22 heavy (non-hydrogen) atoms. The monoisotopic (exact) mass is 289 g/mol. The number of nitrogens with two attached hydrogens (primary N) is 1. The summed E-state index contributed by atoms with van der Waals surface area (Å²) >= 11 is 0. The van der Waals surface area contributed by atoms with Crippen LogP contribution in [0.3, 0.4) is 0 Å². The molecule has 1 heteroatoms. The molecule has 0 aromatic carbocycles. The largest absolute Gasteiger partial charge is 0.318 e. The molecular weight excluding hydrogens is 266 g/mol. The van der Waals surface area contributed by atoms with Gasteiger partial charge in [0.05, 0.1) is 5.54 Å². The van der Waals surface area contributed by atoms with Crippen molar-refractivity contribution in [1.82, 2.24) is 0 Å². The molecule has 0 aliphatic heterocycles. The van der Waals surface area contributed by atoms with Gasteiger partial charge in [0.15, 0.2) is 0 Å². The number of fused-ring (bicyclic) bond motifs is 2. The molecule has 112 valence electrons. The van der Waals surface area contributed by atoms with Gasteiger partial charge in [0.2, 0.25) is 0 Å². The summed E-state index contributed by atoms with van der Waals surface area (Å²) in [7, 11) is 0. The van der Waals surface area contributed by atoms with Gasteiger partial charge in [0.1, 0.15) is 0 Å². The summed E-state index contributed by atoms with van der Waals surface area (Å²) in [5.74, 6) is 1.03. The van der Waals surface area contributed by atoms with Crippen LogP contribution < -0.4 is 5.73 Å². The number of hydrogen-bond donors (Lipinski definition) is 1. The SMILES string of the molecule is C/C1=C/C=C2\CC3=C(C=CC=C4C=CC2C43)C(C)(N)/C=C\C1. The molecule has 3 atom stereocenters. The van der Waals surface area contributed by atoms with E-state index in [1.54, 1.807) is 0 Å². The lowest BCUT2D eigenvalue weighted by Gasteiger charge is -2.26. The zero-order chi connectivity index (χ0) is 15.3. The van der Waals surface area contributed by atoms with Crippen LogP contribution in [-0.2, 0) is 0 Å². The lowest BCUT2D eigenvalue weighted by atomic mass is 9.82. The number of rotatable bonds is 0. The van der Waals surface area contributed by atoms with Gasteiger partial charge in [-0.3, -0.25) is 0 Å². The standard InChI is InChI=1S/C21H23N/c1-14-5-4-12-21(2,22)19-7-3-6-15-10-11-17-16(9-8-14)13-18(19)20(15)17/h3-4,6-12,17,20H,5,13,22H2,1-2H3/b12-4-,14-8-,16-9+. The maximum absolute atomic E-state index is 6.70. The summed E-state index contributed by atoms with van der Waals surface area (Å²) in [6, 6.07) is 0. The van der Waals surface area contributed by atoms with E-state index >= 15 is 0 Å². The minimum Gasteiger partial charge on any atom is -0.318 e. The van der Waals surface area contributed by atoms with Crippen molar-refractivity contribution in [2.24, 2.45) is 17.6 Å². The molecule has 4 rings (SSSR count). The first-order valence-corrected chi connectivity index (χ1v) is 8.19. The molecule has 4 aliphatic rings. The Morgan fingerprint density at radius 2 is 2.05 bits per heavy atom. The van der Waals surface area contributed by atoms with Crippen LogP contribution in [0.5, 0.6) is 0 Å². The minimum atomic E-state index is -0.400. The third kappa shape index (κ3) is 2.04. The van der Waals surface area contributed by atoms with Gasteiger partial charge in [-0.15, -0.1) is 0 Å². The Balaban J connectivity index is 1.96. The van der Waals surface area contributed by atoms with E-state index in [0.717, 1.165) is 12.8 Å². The Hall–Kier alpha value is -1.86. The van der Waals surface area contributed by atoms with Crippen molar-refractivity contribution in [2.45, 2.75) is 32.2 Å². The third-order valence-electron chi connectivity index (χ3n) is 5.38. The summed E-state index contributed by atoms with van der Waals surface area (Å²) in [6.45, 7) is 4.33. The van der Waals surface area contributed by atoms with Crippen molar-refractivity contribution >= 4 is 0 Å². The molecule has 0 radical (unpaired) electrons. The van der Waals surface area contributed by atoms with Crippen molar-refractivity contribution < 1.29 is 0 Å². The van der Waals surface area contributed by atoms with E-state index in [1.807, 2.05) is 0 Å². The average Bonchev–Trinajstić information content (AvgIpc) is 2.95. The van der Waals surface area contributed by atoms with E-state index in [2.05, 4.69) is 68.5 Å². The van der Waals surface area contributed by atoms with Gasteiger partial charge in [-0.1, -0.05) is 71.4 Å². The highest BCUT2D eigenvalue weighted by molar-refractivity contribution is 5.57. The molecule has 3 unspecified atom stereocenters. The molecular formula is C21H23N. The van der Waals surface area contributed by atoms with Crippen molar-refractivity contribution in [2.75, 3.05) is 0 Å². The fourth-order valence-corrected chi connectivity index (χ4v) is 4.22. The van der Waals surface area contributed by atoms with E-state index in [0.29, 0.717) is 11.8 Å². The van der Waals surface area contributed by atoms with Gasteiger partial charge in [0, 0.05) is 11.8 Å². The van der Waals surface area contributed by atoms with Crippen LogP contribution in [-0.4, -0.2) is 5.54 Å². The molecule has 2 bridgehead atoms. The molecule has 0 amide bonds. The van der Waals surface area contributed by atoms with Gasteiger partial charge in [-0.25, -0.2) is 0 Å². The predicted octanol–water partition coefficient (Wildman–Crippen LogP) is 4.54. The average molecular weight is 289 g/mol. The van der Waals surface area contributed by atoms with Crippen molar-refractivity contribution in [3.63, 3.8) is 0 Å². The van der Waals surface area contributed by atoms with Gasteiger partial charge < -0.3 is 5.73 Å². The predicted molar refractivity (Wildman–Crippen MR) is 93.2 cm³/mol. The first kappa shape index (κ1) is 13.8. The lowest BCUT2D eigenvalue weighted by molar-refractivity contribution is 0.643. The third-order valence-corrected chi connectivity index (χ3v) is 5.38. The van der Waals surface area contributed by atoms with Crippen LogP contribution in [0.15, 0.2) is 82.5 Å². The smallest absolute Gasteiger partial charge is 0.0566 e. The van der Waals surface area contributed by atoms with Crippen LogP contribution in [0, 0.1) is 11.8 Å². The van der Waals surface area contributed by atoms with Gasteiger partial charge >= 0.3 is 0 Å². The maximum atomic E-state index is 6.70. The van der Waals surface area contributed by atoms with Crippen LogP contribution in [0.25, 0.3) is 0 Å². The zero-order valence-electron chi connectivity index (χ0n) is 13.3. The molecule has 0 spiro atoms. The zero-order valence-corrected chi connectivity index (χ0v) is 13.3. The van der Waals surface area contributed by atoms with E-state index in [1.165, 1.54) is 27.9 Å². The summed E-state index contributed by atoms with van der Waals surface area (Å²) in [5.41, 5.74) is 13.5. The van der Waals surface area contributed by atoms with Crippen LogP contribution in [0.1, 0.15) is 26.7 Å². The second-order valence-electron chi connectivity index (χ2n) is 7.15. The minimum absolute atomic E-state index is 0.400. The fraction of sp³-hybridized carbons (Fsp3) is 0.333. The summed E-state index contributed by atoms with van der Waals surface area (Å²) in [5, 5.41) is 0. The van der Waals surface area contributed by atoms with Gasteiger partial charge in [0.25, 0.3) is 0 Å². The topological polar surface area (TPSA) is 26.0 Å². The fourth-order valence-electron chi connectivity index (χ4n) is 4.22. The van der Waals surface area contributed by atoms with E-state index in [-0.39, 0.29) is 0 Å². The highest BCUT2D eigenvalue weighted by Gasteiger charge is 2.42. The molecule has 0 aromatic heterocycles. The molecule has 0 saturated heterocycles. The number of allylic oxidation sites excluding steroid dienone is 11. The Morgan fingerprint density at radius 3 is 2.91 bits per heavy atom. The Labute approximate surface area is 133 Å². The molecule has 0 heterocycles. The Morgan fingerprint density at radius 1 is 1.18 bits per heavy atom. The second-order valence-corrected chi connectivity index (χ2v) is 7.15. The van der Waals surface area contributed by atoms with Gasteiger partial charge in [-0.2, -0.15) is 0 Å². The normalized spacial score (nSPS) is 42.0. The molecule has 1 fully saturated rings. The van der Waals surface area contributed by atoms with Crippen LogP contribution in [0.4, 0.5) is 0 Å². The van der Waals surface area contributed by atoms with Crippen LogP contribution in [0.2, 0.25) is 0 Å². The summed E-state index contributed by atoms with van der Waals surface area (Å²) in [4.78, 5) is 0. The van der Waals surface area contributed by atoms with Crippen molar-refractivity contribution in [1.29, 1.82) is 0 Å². The summed E-state index contributed by atoms with van der Waals surface area (Å²) < 4.78 is 0. The Bertz CT molecular complexity index is 732. The molecule has 4 aliphatic carbocycles. The van der Waals surface area contributed by atoms with Gasteiger partial charge in [-0.05, 0) is 37.8 Å². The first-order valence-electron chi connectivity index (χ1n) is 8.19. The van der Waals surface area contributed by atoms with E-state index in [9.17, 15) is 0 Å². The second kappa shape index (κ2) is 4.82. The highest BCUT2D eigenvalue weighted by Crippen LogP contribution is 2.52. The van der Waals surface area contributed by atoms with Crippen LogP contribution >= 0.6 is 0 Å². The molecule has 1 nitrogen and oxygen atoms in total. The highest BCUT2D eigenvalue weighted by atomic mass is 14.7. The lowest BCUT2D eigenvalue weighted by Crippen LogP contribution is -2.36. The molecule has 0 aromatic rings. The van der Waals surface area contributed by atoms with E-state index < -0.39 is 5.54 Å². The van der Waals surface area contributed by atoms with E-state index in [4.69, 9.17) is 5.73 Å². The quantitative estimate of drug-likeness (QED) is 0.651. The molecule has 1 saturated carbocycles. The number of hydrogen-bond acceptors (Lipinski definition) is 1. The summed E-state index contributed by atoms with van der Waals surface area (Å²) in [6.07, 6.45) is 22.4. The molecule has 2 N–H and O–H groups in total. The van der Waals surface area contributed by atoms with Crippen molar-refractivity contribution in [3.05, 3.63) is 82.5 Å². The first-order chi connectivity index (χ1) is 10.6. The maximum Gasteiger partial charge on any atom is 0.0566 e. The Kier molecular flexibility index (Phi) is 3.02.